The van der Waals surface area contributed by atoms with Crippen LogP contribution in [-0.4, -0.2) is 38.8 Å². The standard InChI is InChI=1S/C23H23N3O4/c1-29-18-10-7-17(8-11-18)23(28)24-14-13-22(27)26-25-15-20-19-6-4-3-5-16(19)9-12-21(20)30-2/h3-12,15H,13-14H2,1-2H3,(H,24,28)(H,26,27). The van der Waals surface area contributed by atoms with Crippen molar-refractivity contribution < 1.29 is 19.1 Å². The van der Waals surface area contributed by atoms with Crippen molar-refractivity contribution in [3.05, 3.63) is 71.8 Å². The van der Waals surface area contributed by atoms with Gasteiger partial charge in [0, 0.05) is 24.1 Å². The molecular formula is C23H23N3O4. The molecule has 3 aromatic carbocycles. The Morgan fingerprint density at radius 3 is 2.47 bits per heavy atom. The van der Waals surface area contributed by atoms with Gasteiger partial charge in [-0.05, 0) is 41.1 Å². The van der Waals surface area contributed by atoms with E-state index in [-0.39, 0.29) is 24.8 Å². The summed E-state index contributed by atoms with van der Waals surface area (Å²) in [4.78, 5) is 24.1. The normalized spacial score (nSPS) is 10.7. The molecule has 7 nitrogen and oxygen atoms in total. The minimum atomic E-state index is -0.305. The molecule has 0 heterocycles. The summed E-state index contributed by atoms with van der Waals surface area (Å²) in [6, 6.07) is 18.4. The van der Waals surface area contributed by atoms with E-state index in [4.69, 9.17) is 9.47 Å². The van der Waals surface area contributed by atoms with Crippen LogP contribution in [0.3, 0.4) is 0 Å². The topological polar surface area (TPSA) is 89.0 Å². The van der Waals surface area contributed by atoms with Gasteiger partial charge in [-0.2, -0.15) is 5.10 Å². The summed E-state index contributed by atoms with van der Waals surface area (Å²) in [5, 5.41) is 8.77. The number of ether oxygens (including phenoxy) is 2. The highest BCUT2D eigenvalue weighted by Gasteiger charge is 2.08. The second kappa shape index (κ2) is 10.1. The average molecular weight is 405 g/mol. The Morgan fingerprint density at radius 1 is 0.967 bits per heavy atom. The van der Waals surface area contributed by atoms with E-state index in [2.05, 4.69) is 15.8 Å². The van der Waals surface area contributed by atoms with Crippen molar-refractivity contribution in [2.24, 2.45) is 5.10 Å². The quantitative estimate of drug-likeness (QED) is 0.445. The van der Waals surface area contributed by atoms with Crippen LogP contribution in [0.15, 0.2) is 65.8 Å². The van der Waals surface area contributed by atoms with E-state index in [0.717, 1.165) is 16.3 Å². The lowest BCUT2D eigenvalue weighted by molar-refractivity contribution is -0.120. The van der Waals surface area contributed by atoms with Crippen LogP contribution >= 0.6 is 0 Å². The molecule has 154 valence electrons. The molecule has 2 amide bonds. The third kappa shape index (κ3) is 5.14. The first kappa shape index (κ1) is 20.9. The fraction of sp³-hybridized carbons (Fsp3) is 0.174. The highest BCUT2D eigenvalue weighted by molar-refractivity contribution is 6.02. The number of benzene rings is 3. The maximum absolute atomic E-state index is 12.1. The number of rotatable bonds is 8. The van der Waals surface area contributed by atoms with Gasteiger partial charge in [-0.3, -0.25) is 9.59 Å². The number of methoxy groups -OCH3 is 2. The summed E-state index contributed by atoms with van der Waals surface area (Å²) in [6.45, 7) is 0.198. The molecule has 3 aromatic rings. The van der Waals surface area contributed by atoms with Crippen LogP contribution in [0.2, 0.25) is 0 Å². The summed E-state index contributed by atoms with van der Waals surface area (Å²) in [7, 11) is 3.15. The van der Waals surface area contributed by atoms with Crippen LogP contribution in [0.5, 0.6) is 11.5 Å². The van der Waals surface area contributed by atoms with Crippen molar-refractivity contribution in [3.63, 3.8) is 0 Å². The van der Waals surface area contributed by atoms with E-state index in [1.807, 2.05) is 36.4 Å². The molecule has 0 fully saturated rings. The molecular weight excluding hydrogens is 382 g/mol. The fourth-order valence-electron chi connectivity index (χ4n) is 2.95. The Balaban J connectivity index is 1.53. The molecule has 0 bridgehead atoms. The largest absolute Gasteiger partial charge is 0.497 e. The Bertz CT molecular complexity index is 1060. The van der Waals surface area contributed by atoms with E-state index >= 15 is 0 Å². The first-order chi connectivity index (χ1) is 14.6. The van der Waals surface area contributed by atoms with Gasteiger partial charge in [-0.25, -0.2) is 5.43 Å². The number of carbonyl (C=O) groups is 2. The monoisotopic (exact) mass is 405 g/mol. The molecule has 0 saturated heterocycles. The maximum Gasteiger partial charge on any atom is 0.251 e. The molecule has 0 unspecified atom stereocenters. The minimum absolute atomic E-state index is 0.103. The molecule has 2 N–H and O–H groups in total. The summed E-state index contributed by atoms with van der Waals surface area (Å²) in [5.41, 5.74) is 3.76. The first-order valence-electron chi connectivity index (χ1n) is 9.42. The molecule has 0 atom stereocenters. The second-order valence-electron chi connectivity index (χ2n) is 6.43. The molecule has 0 aromatic heterocycles. The van der Waals surface area contributed by atoms with Crippen LogP contribution in [0.4, 0.5) is 0 Å². The number of hydrazone groups is 1. The summed E-state index contributed by atoms with van der Waals surface area (Å²) < 4.78 is 10.5. The van der Waals surface area contributed by atoms with Crippen LogP contribution in [-0.2, 0) is 4.79 Å². The van der Waals surface area contributed by atoms with E-state index in [0.29, 0.717) is 17.1 Å². The van der Waals surface area contributed by atoms with Crippen LogP contribution in [0.25, 0.3) is 10.8 Å². The van der Waals surface area contributed by atoms with Gasteiger partial charge in [-0.1, -0.05) is 30.3 Å². The predicted octanol–water partition coefficient (Wildman–Crippen LogP) is 3.13. The van der Waals surface area contributed by atoms with Crippen molar-refractivity contribution in [2.75, 3.05) is 20.8 Å². The third-order valence-electron chi connectivity index (χ3n) is 4.52. The lowest BCUT2D eigenvalue weighted by Gasteiger charge is -2.08. The van der Waals surface area contributed by atoms with Crippen molar-refractivity contribution in [3.8, 4) is 11.5 Å². The number of hydrogen-bond donors (Lipinski definition) is 2. The van der Waals surface area contributed by atoms with E-state index in [1.54, 1.807) is 44.7 Å². The zero-order valence-electron chi connectivity index (χ0n) is 16.8. The average Bonchev–Trinajstić information content (AvgIpc) is 2.79. The fourth-order valence-corrected chi connectivity index (χ4v) is 2.95. The Morgan fingerprint density at radius 2 is 1.73 bits per heavy atom. The number of hydrogen-bond acceptors (Lipinski definition) is 5. The first-order valence-corrected chi connectivity index (χ1v) is 9.42. The molecule has 0 aliphatic carbocycles. The Kier molecular flexibility index (Phi) is 7.00. The molecule has 0 aliphatic heterocycles. The molecule has 0 spiro atoms. The zero-order chi connectivity index (χ0) is 21.3. The van der Waals surface area contributed by atoms with E-state index in [9.17, 15) is 9.59 Å². The summed E-state index contributed by atoms with van der Waals surface area (Å²) in [6.07, 6.45) is 1.67. The third-order valence-corrected chi connectivity index (χ3v) is 4.52. The number of carbonyl (C=O) groups excluding carboxylic acids is 2. The van der Waals surface area contributed by atoms with Gasteiger partial charge in [0.2, 0.25) is 5.91 Å². The van der Waals surface area contributed by atoms with Gasteiger partial charge in [0.1, 0.15) is 11.5 Å². The molecule has 3 rings (SSSR count). The van der Waals surface area contributed by atoms with Crippen molar-refractivity contribution in [1.29, 1.82) is 0 Å². The number of amides is 2. The van der Waals surface area contributed by atoms with Crippen LogP contribution in [0, 0.1) is 0 Å². The lowest BCUT2D eigenvalue weighted by Crippen LogP contribution is -2.29. The van der Waals surface area contributed by atoms with E-state index < -0.39 is 0 Å². The van der Waals surface area contributed by atoms with Gasteiger partial charge in [-0.15, -0.1) is 0 Å². The van der Waals surface area contributed by atoms with Gasteiger partial charge >= 0.3 is 0 Å². The van der Waals surface area contributed by atoms with Crippen LogP contribution < -0.4 is 20.2 Å². The van der Waals surface area contributed by atoms with Crippen molar-refractivity contribution in [2.45, 2.75) is 6.42 Å². The van der Waals surface area contributed by atoms with Crippen molar-refractivity contribution >= 4 is 28.8 Å². The molecule has 0 aliphatic rings. The lowest BCUT2D eigenvalue weighted by atomic mass is 10.0. The minimum Gasteiger partial charge on any atom is -0.497 e. The zero-order valence-corrected chi connectivity index (χ0v) is 16.8. The van der Waals surface area contributed by atoms with Gasteiger partial charge in [0.15, 0.2) is 0 Å². The molecule has 0 saturated carbocycles. The second-order valence-corrected chi connectivity index (χ2v) is 6.43. The Hall–Kier alpha value is -3.87. The SMILES string of the molecule is COc1ccc(C(=O)NCCC(=O)NN=Cc2c(OC)ccc3ccccc23)cc1. The van der Waals surface area contributed by atoms with Gasteiger partial charge in [0.25, 0.3) is 5.91 Å². The predicted molar refractivity (Wildman–Crippen MR) is 116 cm³/mol. The molecule has 7 heteroatoms. The van der Waals surface area contributed by atoms with Crippen molar-refractivity contribution in [1.82, 2.24) is 10.7 Å². The number of nitrogens with one attached hydrogen (secondary N) is 2. The number of fused-ring (bicyclic) bond motifs is 1. The van der Waals surface area contributed by atoms with Gasteiger partial charge < -0.3 is 14.8 Å². The maximum atomic E-state index is 12.1. The smallest absolute Gasteiger partial charge is 0.251 e. The van der Waals surface area contributed by atoms with Gasteiger partial charge in [0.05, 0.1) is 20.4 Å². The highest BCUT2D eigenvalue weighted by atomic mass is 16.5. The summed E-state index contributed by atoms with van der Waals surface area (Å²) >= 11 is 0. The van der Waals surface area contributed by atoms with Crippen LogP contribution in [0.1, 0.15) is 22.3 Å². The molecule has 0 radical (unpaired) electrons. The molecule has 30 heavy (non-hydrogen) atoms. The number of nitrogens with zero attached hydrogens (tertiary/aromatic N) is 1. The highest BCUT2D eigenvalue weighted by Crippen LogP contribution is 2.26. The Labute approximate surface area is 174 Å². The summed E-state index contributed by atoms with van der Waals surface area (Å²) in [5.74, 6) is 0.778. The van der Waals surface area contributed by atoms with E-state index in [1.165, 1.54) is 0 Å².